The van der Waals surface area contributed by atoms with Crippen molar-refractivity contribution in [1.29, 1.82) is 0 Å². The first-order chi connectivity index (χ1) is 13.6. The molecule has 6 heteroatoms. The summed E-state index contributed by atoms with van der Waals surface area (Å²) >= 11 is 0. The van der Waals surface area contributed by atoms with Crippen LogP contribution in [-0.4, -0.2) is 47.0 Å². The van der Waals surface area contributed by atoms with E-state index in [0.717, 1.165) is 24.3 Å². The van der Waals surface area contributed by atoms with Crippen LogP contribution < -0.4 is 5.32 Å². The van der Waals surface area contributed by atoms with Crippen molar-refractivity contribution in [2.45, 2.75) is 63.5 Å². The SMILES string of the molecule is O=C(CC1COC2(C1)CN(C(=O)CCC1CCCC1)C2)NCc1ccncc1. The zero-order valence-electron chi connectivity index (χ0n) is 16.6. The Morgan fingerprint density at radius 1 is 1.18 bits per heavy atom. The summed E-state index contributed by atoms with van der Waals surface area (Å²) in [5.74, 6) is 1.34. The van der Waals surface area contributed by atoms with Crippen molar-refractivity contribution in [1.82, 2.24) is 15.2 Å². The van der Waals surface area contributed by atoms with Crippen molar-refractivity contribution < 1.29 is 14.3 Å². The Morgan fingerprint density at radius 3 is 2.68 bits per heavy atom. The van der Waals surface area contributed by atoms with Crippen molar-refractivity contribution in [3.8, 4) is 0 Å². The molecule has 3 aliphatic rings. The van der Waals surface area contributed by atoms with Crippen molar-refractivity contribution >= 4 is 11.8 Å². The number of pyridine rings is 1. The van der Waals surface area contributed by atoms with E-state index in [1.165, 1.54) is 25.7 Å². The Bertz CT molecular complexity index is 682. The molecule has 1 N–H and O–H groups in total. The zero-order valence-corrected chi connectivity index (χ0v) is 16.6. The second kappa shape index (κ2) is 8.60. The van der Waals surface area contributed by atoms with Crippen molar-refractivity contribution in [3.05, 3.63) is 30.1 Å². The number of rotatable bonds is 7. The van der Waals surface area contributed by atoms with Crippen molar-refractivity contribution in [2.75, 3.05) is 19.7 Å². The van der Waals surface area contributed by atoms with Crippen LogP contribution in [0, 0.1) is 11.8 Å². The lowest BCUT2D eigenvalue weighted by molar-refractivity contribution is -0.158. The van der Waals surface area contributed by atoms with Crippen molar-refractivity contribution in [3.63, 3.8) is 0 Å². The van der Waals surface area contributed by atoms with Crippen molar-refractivity contribution in [2.24, 2.45) is 11.8 Å². The molecule has 2 amide bonds. The highest BCUT2D eigenvalue weighted by Crippen LogP contribution is 2.39. The maximum Gasteiger partial charge on any atom is 0.222 e. The lowest BCUT2D eigenvalue weighted by Crippen LogP contribution is -2.63. The smallest absolute Gasteiger partial charge is 0.222 e. The fourth-order valence-corrected chi connectivity index (χ4v) is 4.94. The number of carbonyl (C=O) groups is 2. The van der Waals surface area contributed by atoms with Crippen LogP contribution in [0.25, 0.3) is 0 Å². The van der Waals surface area contributed by atoms with E-state index in [2.05, 4.69) is 10.3 Å². The molecule has 0 bridgehead atoms. The molecule has 1 aromatic rings. The molecule has 2 aliphatic heterocycles. The van der Waals surface area contributed by atoms with E-state index in [0.29, 0.717) is 39.1 Å². The van der Waals surface area contributed by atoms with Crippen LogP contribution in [0.15, 0.2) is 24.5 Å². The van der Waals surface area contributed by atoms with Crippen LogP contribution in [0.1, 0.15) is 56.9 Å². The van der Waals surface area contributed by atoms with Gasteiger partial charge in [-0.3, -0.25) is 14.6 Å². The molecule has 1 aromatic heterocycles. The van der Waals surface area contributed by atoms with Gasteiger partial charge in [-0.05, 0) is 42.4 Å². The molecule has 1 atom stereocenters. The molecule has 1 unspecified atom stereocenters. The predicted octanol–water partition coefficient (Wildman–Crippen LogP) is 2.68. The first-order valence-electron chi connectivity index (χ1n) is 10.7. The Balaban J connectivity index is 1.14. The molecule has 3 heterocycles. The summed E-state index contributed by atoms with van der Waals surface area (Å²) in [6, 6.07) is 3.81. The molecule has 1 aliphatic carbocycles. The number of nitrogens with one attached hydrogen (secondary N) is 1. The molecule has 4 rings (SSSR count). The number of aromatic nitrogens is 1. The topological polar surface area (TPSA) is 71.5 Å². The average Bonchev–Trinajstić information content (AvgIpc) is 3.34. The Hall–Kier alpha value is -1.95. The summed E-state index contributed by atoms with van der Waals surface area (Å²) in [5.41, 5.74) is 0.854. The van der Waals surface area contributed by atoms with Crippen LogP contribution in [-0.2, 0) is 20.9 Å². The van der Waals surface area contributed by atoms with Crippen LogP contribution in [0.4, 0.5) is 0 Å². The highest BCUT2D eigenvalue weighted by Gasteiger charge is 2.51. The minimum Gasteiger partial charge on any atom is -0.371 e. The number of carbonyl (C=O) groups excluding carboxylic acids is 2. The summed E-state index contributed by atoms with van der Waals surface area (Å²) in [6.45, 7) is 2.55. The number of nitrogens with zero attached hydrogens (tertiary/aromatic N) is 2. The third kappa shape index (κ3) is 4.72. The maximum absolute atomic E-state index is 12.4. The molecule has 0 aromatic carbocycles. The van der Waals surface area contributed by atoms with Gasteiger partial charge in [-0.2, -0.15) is 0 Å². The largest absolute Gasteiger partial charge is 0.371 e. The van der Waals surface area contributed by atoms with E-state index in [1.807, 2.05) is 17.0 Å². The third-order valence-corrected chi connectivity index (χ3v) is 6.55. The minimum atomic E-state index is -0.195. The zero-order chi connectivity index (χ0) is 19.4. The Morgan fingerprint density at radius 2 is 1.93 bits per heavy atom. The fraction of sp³-hybridized carbons (Fsp3) is 0.682. The van der Waals surface area contributed by atoms with Gasteiger partial charge in [-0.1, -0.05) is 25.7 Å². The molecular formula is C22H31N3O3. The second-order valence-corrected chi connectivity index (χ2v) is 8.84. The van der Waals surface area contributed by atoms with Gasteiger partial charge in [0.1, 0.15) is 5.60 Å². The standard InChI is InChI=1S/C22H31N3O3/c26-20(24-13-18-7-9-23-10-8-18)11-19-12-22(28-14-19)15-25(16-22)21(27)6-5-17-3-1-2-4-17/h7-10,17,19H,1-6,11-16H2,(H,24,26). The third-order valence-electron chi connectivity index (χ3n) is 6.55. The molecular weight excluding hydrogens is 354 g/mol. The summed E-state index contributed by atoms with van der Waals surface area (Å²) in [5, 5.41) is 2.97. The molecule has 152 valence electrons. The van der Waals surface area contributed by atoms with Gasteiger partial charge in [0.2, 0.25) is 11.8 Å². The molecule has 2 saturated heterocycles. The second-order valence-electron chi connectivity index (χ2n) is 8.84. The molecule has 6 nitrogen and oxygen atoms in total. The van der Waals surface area contributed by atoms with Crippen LogP contribution in [0.5, 0.6) is 0 Å². The van der Waals surface area contributed by atoms with Gasteiger partial charge in [-0.25, -0.2) is 0 Å². The summed E-state index contributed by atoms with van der Waals surface area (Å²) in [7, 11) is 0. The lowest BCUT2D eigenvalue weighted by Gasteiger charge is -2.47. The highest BCUT2D eigenvalue weighted by molar-refractivity contribution is 5.78. The van der Waals surface area contributed by atoms with E-state index < -0.39 is 0 Å². The molecule has 3 fully saturated rings. The number of likely N-dealkylation sites (tertiary alicyclic amines) is 1. The van der Waals surface area contributed by atoms with Gasteiger partial charge in [0.25, 0.3) is 0 Å². The summed E-state index contributed by atoms with van der Waals surface area (Å²) < 4.78 is 6.03. The summed E-state index contributed by atoms with van der Waals surface area (Å²) in [4.78, 5) is 30.6. The van der Waals surface area contributed by atoms with Gasteiger partial charge in [0.15, 0.2) is 0 Å². The number of amides is 2. The van der Waals surface area contributed by atoms with Gasteiger partial charge >= 0.3 is 0 Å². The van der Waals surface area contributed by atoms with E-state index in [4.69, 9.17) is 4.74 Å². The molecule has 1 spiro atoms. The highest BCUT2D eigenvalue weighted by atomic mass is 16.5. The first-order valence-corrected chi connectivity index (χ1v) is 10.7. The quantitative estimate of drug-likeness (QED) is 0.783. The number of hydrogen-bond donors (Lipinski definition) is 1. The monoisotopic (exact) mass is 385 g/mol. The van der Waals surface area contributed by atoms with Gasteiger partial charge < -0.3 is 15.0 Å². The number of ether oxygens (including phenoxy) is 1. The van der Waals surface area contributed by atoms with E-state index in [-0.39, 0.29) is 23.3 Å². The predicted molar refractivity (Wildman–Crippen MR) is 105 cm³/mol. The van der Waals surface area contributed by atoms with Crippen LogP contribution in [0.3, 0.4) is 0 Å². The van der Waals surface area contributed by atoms with E-state index >= 15 is 0 Å². The fourth-order valence-electron chi connectivity index (χ4n) is 4.94. The van der Waals surface area contributed by atoms with Crippen LogP contribution >= 0.6 is 0 Å². The Kier molecular flexibility index (Phi) is 5.95. The lowest BCUT2D eigenvalue weighted by atomic mass is 9.85. The van der Waals surface area contributed by atoms with Gasteiger partial charge in [0, 0.05) is 31.8 Å². The molecule has 1 saturated carbocycles. The summed E-state index contributed by atoms with van der Waals surface area (Å²) in [6.07, 6.45) is 11.8. The van der Waals surface area contributed by atoms with Gasteiger partial charge in [-0.15, -0.1) is 0 Å². The molecule has 0 radical (unpaired) electrons. The van der Waals surface area contributed by atoms with Crippen LogP contribution in [0.2, 0.25) is 0 Å². The minimum absolute atomic E-state index is 0.0614. The Labute approximate surface area is 167 Å². The van der Waals surface area contributed by atoms with Gasteiger partial charge in [0.05, 0.1) is 19.7 Å². The van der Waals surface area contributed by atoms with E-state index in [9.17, 15) is 9.59 Å². The maximum atomic E-state index is 12.4. The average molecular weight is 386 g/mol. The van der Waals surface area contributed by atoms with E-state index in [1.54, 1.807) is 12.4 Å². The number of hydrogen-bond acceptors (Lipinski definition) is 4. The normalized spacial score (nSPS) is 23.7. The molecule has 28 heavy (non-hydrogen) atoms. The first kappa shape index (κ1) is 19.4.